The van der Waals surface area contributed by atoms with E-state index in [-0.39, 0.29) is 0 Å². The van der Waals surface area contributed by atoms with Crippen molar-refractivity contribution < 1.29 is 9.47 Å². The third kappa shape index (κ3) is 5.98. The zero-order valence-corrected chi connectivity index (χ0v) is 15.9. The minimum atomic E-state index is 0.589. The van der Waals surface area contributed by atoms with E-state index in [1.165, 1.54) is 12.2 Å². The fourth-order valence-corrected chi connectivity index (χ4v) is 3.15. The van der Waals surface area contributed by atoms with Crippen LogP contribution in [0.5, 0.6) is 11.5 Å². The van der Waals surface area contributed by atoms with Crippen molar-refractivity contribution in [3.8, 4) is 11.5 Å². The molecule has 0 radical (unpaired) electrons. The van der Waals surface area contributed by atoms with Gasteiger partial charge in [-0.15, -0.1) is 0 Å². The quantitative estimate of drug-likeness (QED) is 0.437. The van der Waals surface area contributed by atoms with Crippen LogP contribution < -0.4 is 20.1 Å². The standard InChI is InChI=1S/C17H26ClN3O2S/c1-19-17(20-6-3-4-9-24-2)21-12-13-10-14(18)16-15(11-13)22-7-5-8-23-16/h10-11H,3-9,12H2,1-2H3,(H2,19,20,21). The Hall–Kier alpha value is -1.27. The monoisotopic (exact) mass is 371 g/mol. The van der Waals surface area contributed by atoms with E-state index < -0.39 is 0 Å². The summed E-state index contributed by atoms with van der Waals surface area (Å²) in [7, 11) is 1.78. The van der Waals surface area contributed by atoms with Crippen molar-refractivity contribution in [1.82, 2.24) is 10.6 Å². The van der Waals surface area contributed by atoms with Gasteiger partial charge in [-0.25, -0.2) is 0 Å². The van der Waals surface area contributed by atoms with Gasteiger partial charge in [0, 0.05) is 26.6 Å². The van der Waals surface area contributed by atoms with E-state index in [1.54, 1.807) is 7.05 Å². The second-order valence-electron chi connectivity index (χ2n) is 5.51. The van der Waals surface area contributed by atoms with Crippen LogP contribution >= 0.6 is 23.4 Å². The molecular formula is C17H26ClN3O2S. The lowest BCUT2D eigenvalue weighted by molar-refractivity contribution is 0.297. The first-order valence-corrected chi connectivity index (χ1v) is 10.0. The van der Waals surface area contributed by atoms with Crippen LogP contribution in [0.1, 0.15) is 24.8 Å². The molecule has 0 bridgehead atoms. The number of aliphatic imine (C=N–C) groups is 1. The molecule has 134 valence electrons. The first-order chi connectivity index (χ1) is 11.7. The summed E-state index contributed by atoms with van der Waals surface area (Å²) in [6.07, 6.45) is 5.35. The number of nitrogens with zero attached hydrogens (tertiary/aromatic N) is 1. The van der Waals surface area contributed by atoms with Gasteiger partial charge in [0.25, 0.3) is 0 Å². The highest BCUT2D eigenvalue weighted by atomic mass is 35.5. The second-order valence-corrected chi connectivity index (χ2v) is 6.90. The average Bonchev–Trinajstić information content (AvgIpc) is 2.83. The molecule has 5 nitrogen and oxygen atoms in total. The largest absolute Gasteiger partial charge is 0.489 e. The van der Waals surface area contributed by atoms with E-state index in [9.17, 15) is 0 Å². The summed E-state index contributed by atoms with van der Waals surface area (Å²) in [6.45, 7) is 2.83. The molecule has 0 amide bonds. The first-order valence-electron chi connectivity index (χ1n) is 8.26. The van der Waals surface area contributed by atoms with Crippen molar-refractivity contribution in [2.45, 2.75) is 25.8 Å². The number of fused-ring (bicyclic) bond motifs is 1. The Labute approximate surface area is 153 Å². The van der Waals surface area contributed by atoms with Crippen LogP contribution in [-0.2, 0) is 6.54 Å². The molecule has 0 saturated heterocycles. The Balaban J connectivity index is 1.86. The van der Waals surface area contributed by atoms with Crippen molar-refractivity contribution in [3.63, 3.8) is 0 Å². The Kier molecular flexibility index (Phi) is 8.39. The van der Waals surface area contributed by atoms with Gasteiger partial charge in [-0.05, 0) is 42.5 Å². The van der Waals surface area contributed by atoms with E-state index >= 15 is 0 Å². The Bertz CT molecular complexity index is 555. The predicted octanol–water partition coefficient (Wildman–Crippen LogP) is 3.31. The fourth-order valence-electron chi connectivity index (χ4n) is 2.37. The molecule has 0 fully saturated rings. The van der Waals surface area contributed by atoms with Gasteiger partial charge in [0.2, 0.25) is 0 Å². The zero-order valence-electron chi connectivity index (χ0n) is 14.4. The molecule has 1 aliphatic heterocycles. The lowest BCUT2D eigenvalue weighted by Crippen LogP contribution is -2.37. The summed E-state index contributed by atoms with van der Waals surface area (Å²) in [6, 6.07) is 3.89. The van der Waals surface area contributed by atoms with Gasteiger partial charge >= 0.3 is 0 Å². The average molecular weight is 372 g/mol. The number of nitrogens with one attached hydrogen (secondary N) is 2. The number of hydrogen-bond acceptors (Lipinski definition) is 4. The van der Waals surface area contributed by atoms with E-state index in [1.807, 2.05) is 23.9 Å². The van der Waals surface area contributed by atoms with E-state index in [0.717, 1.165) is 36.7 Å². The third-order valence-corrected chi connectivity index (χ3v) is 4.59. The summed E-state index contributed by atoms with van der Waals surface area (Å²) in [5.74, 6) is 3.36. The SMILES string of the molecule is CN=C(NCCCCSC)NCc1cc(Cl)c2c(c1)OCCCO2. The summed E-state index contributed by atoms with van der Waals surface area (Å²) in [5, 5.41) is 7.22. The van der Waals surface area contributed by atoms with Crippen LogP contribution in [0.25, 0.3) is 0 Å². The highest BCUT2D eigenvalue weighted by molar-refractivity contribution is 7.98. The lowest BCUT2D eigenvalue weighted by atomic mass is 10.2. The predicted molar refractivity (Wildman–Crippen MR) is 103 cm³/mol. The lowest BCUT2D eigenvalue weighted by Gasteiger charge is -2.14. The smallest absolute Gasteiger partial charge is 0.191 e. The second kappa shape index (κ2) is 10.6. The van der Waals surface area contributed by atoms with Gasteiger partial charge in [-0.3, -0.25) is 4.99 Å². The van der Waals surface area contributed by atoms with Gasteiger partial charge in [-0.2, -0.15) is 11.8 Å². The van der Waals surface area contributed by atoms with Crippen LogP contribution in [0, 0.1) is 0 Å². The summed E-state index contributed by atoms with van der Waals surface area (Å²) in [5.41, 5.74) is 1.04. The number of guanidine groups is 1. The number of thioether (sulfide) groups is 1. The number of hydrogen-bond donors (Lipinski definition) is 2. The molecule has 1 aliphatic rings. The van der Waals surface area contributed by atoms with Crippen molar-refractivity contribution in [2.75, 3.05) is 38.8 Å². The number of unbranched alkanes of at least 4 members (excludes halogenated alkanes) is 1. The van der Waals surface area contributed by atoms with Crippen molar-refractivity contribution in [2.24, 2.45) is 4.99 Å². The van der Waals surface area contributed by atoms with E-state index in [4.69, 9.17) is 21.1 Å². The molecule has 0 aromatic heterocycles. The van der Waals surface area contributed by atoms with Crippen molar-refractivity contribution in [1.29, 1.82) is 0 Å². The molecule has 24 heavy (non-hydrogen) atoms. The molecule has 0 saturated carbocycles. The number of benzene rings is 1. The van der Waals surface area contributed by atoms with Gasteiger partial charge in [-0.1, -0.05) is 11.6 Å². The fraction of sp³-hybridized carbons (Fsp3) is 0.588. The van der Waals surface area contributed by atoms with Crippen LogP contribution in [0.4, 0.5) is 0 Å². The van der Waals surface area contributed by atoms with E-state index in [2.05, 4.69) is 21.9 Å². The van der Waals surface area contributed by atoms with Crippen LogP contribution in [0.15, 0.2) is 17.1 Å². The molecule has 0 spiro atoms. The maximum atomic E-state index is 6.32. The van der Waals surface area contributed by atoms with Crippen LogP contribution in [-0.4, -0.2) is 44.8 Å². The molecule has 0 unspecified atom stereocenters. The molecule has 2 rings (SSSR count). The first kappa shape index (κ1) is 19.1. The molecule has 2 N–H and O–H groups in total. The summed E-state index contributed by atoms with van der Waals surface area (Å²) >= 11 is 8.20. The molecule has 1 heterocycles. The maximum absolute atomic E-state index is 6.32. The molecular weight excluding hydrogens is 346 g/mol. The van der Waals surface area contributed by atoms with Crippen LogP contribution in [0.3, 0.4) is 0 Å². The van der Waals surface area contributed by atoms with Gasteiger partial charge in [0.1, 0.15) is 0 Å². The molecule has 7 heteroatoms. The van der Waals surface area contributed by atoms with Crippen molar-refractivity contribution in [3.05, 3.63) is 22.7 Å². The Morgan fingerprint density at radius 3 is 2.88 bits per heavy atom. The van der Waals surface area contributed by atoms with Gasteiger partial charge in [0.15, 0.2) is 17.5 Å². The maximum Gasteiger partial charge on any atom is 0.191 e. The third-order valence-electron chi connectivity index (χ3n) is 3.61. The minimum Gasteiger partial charge on any atom is -0.489 e. The van der Waals surface area contributed by atoms with Gasteiger partial charge < -0.3 is 20.1 Å². The molecule has 1 aromatic carbocycles. The molecule has 0 atom stereocenters. The summed E-state index contributed by atoms with van der Waals surface area (Å²) in [4.78, 5) is 4.25. The zero-order chi connectivity index (χ0) is 17.2. The number of halogens is 1. The normalized spacial score (nSPS) is 14.2. The molecule has 0 aliphatic carbocycles. The highest BCUT2D eigenvalue weighted by Gasteiger charge is 2.15. The van der Waals surface area contributed by atoms with E-state index in [0.29, 0.717) is 30.5 Å². The summed E-state index contributed by atoms with van der Waals surface area (Å²) < 4.78 is 11.4. The Morgan fingerprint density at radius 1 is 1.25 bits per heavy atom. The molecule has 1 aromatic rings. The van der Waals surface area contributed by atoms with Crippen LogP contribution in [0.2, 0.25) is 5.02 Å². The Morgan fingerprint density at radius 2 is 2.08 bits per heavy atom. The highest BCUT2D eigenvalue weighted by Crippen LogP contribution is 2.37. The minimum absolute atomic E-state index is 0.589. The number of rotatable bonds is 7. The number of ether oxygens (including phenoxy) is 2. The van der Waals surface area contributed by atoms with Crippen molar-refractivity contribution >= 4 is 29.3 Å². The topological polar surface area (TPSA) is 54.9 Å². The van der Waals surface area contributed by atoms with Gasteiger partial charge in [0.05, 0.1) is 18.2 Å².